The predicted octanol–water partition coefficient (Wildman–Crippen LogP) is 3.07. The van der Waals surface area contributed by atoms with Crippen molar-refractivity contribution < 1.29 is 14.3 Å². The molecule has 0 saturated carbocycles. The second-order valence-corrected chi connectivity index (χ2v) is 4.95. The number of hydrogen-bond acceptors (Lipinski definition) is 3. The molecule has 0 aliphatic heterocycles. The molecule has 1 heterocycles. The molecule has 2 rings (SSSR count). The lowest BCUT2D eigenvalue weighted by atomic mass is 10.1. The zero-order valence-electron chi connectivity index (χ0n) is 10.2. The topological polar surface area (TPSA) is 62.5 Å². The van der Waals surface area contributed by atoms with E-state index < -0.39 is 5.97 Å². The molecule has 1 aromatic carbocycles. The van der Waals surface area contributed by atoms with E-state index in [1.54, 1.807) is 6.07 Å². The molecular formula is C14H14BrNO3. The van der Waals surface area contributed by atoms with E-state index in [4.69, 9.17) is 9.52 Å². The van der Waals surface area contributed by atoms with Crippen molar-refractivity contribution in [3.63, 3.8) is 0 Å². The van der Waals surface area contributed by atoms with Crippen molar-refractivity contribution in [2.45, 2.75) is 13.0 Å². The first-order chi connectivity index (χ1) is 9.18. The summed E-state index contributed by atoms with van der Waals surface area (Å²) in [5.74, 6) is -1.03. The van der Waals surface area contributed by atoms with Crippen molar-refractivity contribution >= 4 is 21.9 Å². The highest BCUT2D eigenvalue weighted by Gasteiger charge is 2.12. The van der Waals surface area contributed by atoms with E-state index in [1.807, 2.05) is 18.2 Å². The first-order valence-electron chi connectivity index (χ1n) is 5.92. The molecular weight excluding hydrogens is 310 g/mol. The molecule has 0 unspecified atom stereocenters. The van der Waals surface area contributed by atoms with Gasteiger partial charge in [-0.05, 0) is 30.7 Å². The molecule has 0 fully saturated rings. The highest BCUT2D eigenvalue weighted by Crippen LogP contribution is 2.16. The zero-order valence-corrected chi connectivity index (χ0v) is 11.8. The van der Waals surface area contributed by atoms with Crippen LogP contribution in [0.4, 0.5) is 0 Å². The van der Waals surface area contributed by atoms with Crippen LogP contribution in [0, 0.1) is 0 Å². The van der Waals surface area contributed by atoms with E-state index in [0.29, 0.717) is 12.1 Å². The van der Waals surface area contributed by atoms with Gasteiger partial charge in [-0.2, -0.15) is 0 Å². The molecule has 0 bridgehead atoms. The van der Waals surface area contributed by atoms with Gasteiger partial charge < -0.3 is 14.8 Å². The summed E-state index contributed by atoms with van der Waals surface area (Å²) in [6.45, 7) is 1.26. The summed E-state index contributed by atoms with van der Waals surface area (Å²) in [6, 6.07) is 9.72. The number of halogens is 1. The molecule has 0 spiro atoms. The van der Waals surface area contributed by atoms with Gasteiger partial charge >= 0.3 is 5.97 Å². The maximum absolute atomic E-state index is 10.9. The number of carboxylic acid groups (broad SMARTS) is 1. The van der Waals surface area contributed by atoms with Gasteiger partial charge in [-0.15, -0.1) is 0 Å². The van der Waals surface area contributed by atoms with Crippen molar-refractivity contribution in [2.75, 3.05) is 6.54 Å². The first kappa shape index (κ1) is 13.8. The van der Waals surface area contributed by atoms with E-state index in [0.717, 1.165) is 17.4 Å². The third kappa shape index (κ3) is 3.68. The van der Waals surface area contributed by atoms with Gasteiger partial charge in [-0.25, -0.2) is 4.79 Å². The summed E-state index contributed by atoms with van der Waals surface area (Å²) < 4.78 is 6.00. The smallest absolute Gasteiger partial charge is 0.372 e. The molecule has 0 aliphatic rings. The minimum absolute atomic E-state index is 0.00777. The average Bonchev–Trinajstić information content (AvgIpc) is 2.85. The van der Waals surface area contributed by atoms with Crippen LogP contribution >= 0.6 is 15.9 Å². The predicted molar refractivity (Wildman–Crippen MR) is 75.2 cm³/mol. The van der Waals surface area contributed by atoms with Crippen LogP contribution in [-0.2, 0) is 13.0 Å². The Morgan fingerprint density at radius 2 is 2.05 bits per heavy atom. The fraction of sp³-hybridized carbons (Fsp3) is 0.214. The Hall–Kier alpha value is -1.59. The molecule has 0 radical (unpaired) electrons. The monoisotopic (exact) mass is 323 g/mol. The number of furan rings is 1. The summed E-state index contributed by atoms with van der Waals surface area (Å²) in [5.41, 5.74) is 1.89. The standard InChI is InChI=1S/C14H14BrNO3/c15-12-4-2-1-3-10(12)5-7-16-9-11-6-8-19-13(11)14(17)18/h1-4,6,8,16H,5,7,9H2,(H,17,18). The molecule has 100 valence electrons. The largest absolute Gasteiger partial charge is 0.475 e. The van der Waals surface area contributed by atoms with Crippen LogP contribution < -0.4 is 5.32 Å². The molecule has 1 aromatic heterocycles. The number of carboxylic acids is 1. The Labute approximate surface area is 119 Å². The SMILES string of the molecule is O=C(O)c1occc1CNCCc1ccccc1Br. The van der Waals surface area contributed by atoms with E-state index in [9.17, 15) is 4.79 Å². The maximum Gasteiger partial charge on any atom is 0.372 e. The Morgan fingerprint density at radius 1 is 1.26 bits per heavy atom. The number of benzene rings is 1. The molecule has 4 nitrogen and oxygen atoms in total. The van der Waals surface area contributed by atoms with Gasteiger partial charge in [0.2, 0.25) is 5.76 Å². The normalized spacial score (nSPS) is 10.6. The Morgan fingerprint density at radius 3 is 2.79 bits per heavy atom. The van der Waals surface area contributed by atoms with Crippen LogP contribution in [-0.4, -0.2) is 17.6 Å². The van der Waals surface area contributed by atoms with Crippen molar-refractivity contribution in [1.29, 1.82) is 0 Å². The van der Waals surface area contributed by atoms with Crippen molar-refractivity contribution in [3.8, 4) is 0 Å². The van der Waals surface area contributed by atoms with Crippen molar-refractivity contribution in [3.05, 3.63) is 58.0 Å². The lowest BCUT2D eigenvalue weighted by Crippen LogP contribution is -2.18. The highest BCUT2D eigenvalue weighted by atomic mass is 79.9. The van der Waals surface area contributed by atoms with Crippen LogP contribution in [0.2, 0.25) is 0 Å². The number of hydrogen-bond donors (Lipinski definition) is 2. The molecule has 0 aliphatic carbocycles. The highest BCUT2D eigenvalue weighted by molar-refractivity contribution is 9.10. The van der Waals surface area contributed by atoms with Crippen molar-refractivity contribution in [2.24, 2.45) is 0 Å². The molecule has 0 saturated heterocycles. The summed E-state index contributed by atoms with van der Waals surface area (Å²) in [6.07, 6.45) is 2.27. The second-order valence-electron chi connectivity index (χ2n) is 4.10. The third-order valence-electron chi connectivity index (χ3n) is 2.79. The van der Waals surface area contributed by atoms with E-state index in [2.05, 4.69) is 27.3 Å². The van der Waals surface area contributed by atoms with Gasteiger partial charge in [-0.3, -0.25) is 0 Å². The molecule has 2 aromatic rings. The minimum atomic E-state index is -1.03. The summed E-state index contributed by atoms with van der Waals surface area (Å²) >= 11 is 3.50. The summed E-state index contributed by atoms with van der Waals surface area (Å²) in [7, 11) is 0. The lowest BCUT2D eigenvalue weighted by molar-refractivity contribution is 0.0660. The van der Waals surface area contributed by atoms with Crippen LogP contribution in [0.25, 0.3) is 0 Å². The van der Waals surface area contributed by atoms with Gasteiger partial charge in [0.1, 0.15) is 0 Å². The number of aromatic carboxylic acids is 1. The molecule has 19 heavy (non-hydrogen) atoms. The van der Waals surface area contributed by atoms with Gasteiger partial charge in [0.05, 0.1) is 6.26 Å². The maximum atomic E-state index is 10.9. The Bertz CT molecular complexity index is 565. The van der Waals surface area contributed by atoms with Gasteiger partial charge in [0.15, 0.2) is 0 Å². The molecule has 5 heteroatoms. The van der Waals surface area contributed by atoms with Crippen LogP contribution in [0.5, 0.6) is 0 Å². The van der Waals surface area contributed by atoms with Crippen molar-refractivity contribution in [1.82, 2.24) is 5.32 Å². The second kappa shape index (κ2) is 6.54. The third-order valence-corrected chi connectivity index (χ3v) is 3.56. The summed E-state index contributed by atoms with van der Waals surface area (Å²) in [5, 5.41) is 12.1. The van der Waals surface area contributed by atoms with Gasteiger partial charge in [0, 0.05) is 16.6 Å². The number of carbonyl (C=O) groups is 1. The summed E-state index contributed by atoms with van der Waals surface area (Å²) in [4.78, 5) is 10.9. The van der Waals surface area contributed by atoms with E-state index in [-0.39, 0.29) is 5.76 Å². The van der Waals surface area contributed by atoms with Crippen LogP contribution in [0.1, 0.15) is 21.7 Å². The molecule has 2 N–H and O–H groups in total. The molecule has 0 atom stereocenters. The Balaban J connectivity index is 1.83. The van der Waals surface area contributed by atoms with Crippen LogP contribution in [0.15, 0.2) is 45.5 Å². The fourth-order valence-electron chi connectivity index (χ4n) is 1.81. The lowest BCUT2D eigenvalue weighted by Gasteiger charge is -2.06. The van der Waals surface area contributed by atoms with E-state index >= 15 is 0 Å². The van der Waals surface area contributed by atoms with Crippen LogP contribution in [0.3, 0.4) is 0 Å². The fourth-order valence-corrected chi connectivity index (χ4v) is 2.29. The average molecular weight is 324 g/mol. The number of nitrogens with one attached hydrogen (secondary N) is 1. The molecule has 0 amide bonds. The first-order valence-corrected chi connectivity index (χ1v) is 6.71. The van der Waals surface area contributed by atoms with Gasteiger partial charge in [0.25, 0.3) is 0 Å². The van der Waals surface area contributed by atoms with Gasteiger partial charge in [-0.1, -0.05) is 34.1 Å². The zero-order chi connectivity index (χ0) is 13.7. The quantitative estimate of drug-likeness (QED) is 0.802. The Kier molecular flexibility index (Phi) is 4.76. The number of rotatable bonds is 6. The van der Waals surface area contributed by atoms with E-state index in [1.165, 1.54) is 11.8 Å². The minimum Gasteiger partial charge on any atom is -0.475 e.